The topological polar surface area (TPSA) is 116 Å². The van der Waals surface area contributed by atoms with Crippen LogP contribution >= 0.6 is 7.82 Å². The second kappa shape index (κ2) is 13.9. The Morgan fingerprint density at radius 3 is 2.27 bits per heavy atom. The number of hydrogen-bond acceptors (Lipinski definition) is 9. The van der Waals surface area contributed by atoms with Gasteiger partial charge in [0.1, 0.15) is 18.3 Å². The molecule has 0 saturated carbocycles. The Bertz CT molecular complexity index is 540. The Hall–Kier alpha value is 1.29. The van der Waals surface area contributed by atoms with Crippen molar-refractivity contribution in [3.05, 3.63) is 6.42 Å². The van der Waals surface area contributed by atoms with Crippen molar-refractivity contribution in [3.8, 4) is 0 Å². The van der Waals surface area contributed by atoms with Gasteiger partial charge < -0.3 is 38.0 Å². The first kappa shape index (κ1) is 31.3. The van der Waals surface area contributed by atoms with E-state index in [1.54, 1.807) is 20.3 Å². The van der Waals surface area contributed by atoms with Crippen LogP contribution < -0.4 is 4.89 Å². The maximum atomic E-state index is 12.3. The zero-order valence-electron chi connectivity index (χ0n) is 18.2. The van der Waals surface area contributed by atoms with E-state index in [2.05, 4.69) is 0 Å². The summed E-state index contributed by atoms with van der Waals surface area (Å²) in [4.78, 5) is 12.3. The van der Waals surface area contributed by atoms with E-state index >= 15 is 0 Å². The Morgan fingerprint density at radius 2 is 1.70 bits per heavy atom. The first-order chi connectivity index (χ1) is 13.0. The molecule has 0 aromatic rings. The summed E-state index contributed by atoms with van der Waals surface area (Å²) in [5.41, 5.74) is 0. The maximum absolute atomic E-state index is 12.3. The largest absolute Gasteiger partial charge is 0.756 e. The molecule has 2 aliphatic heterocycles. The molecule has 2 rings (SSSR count). The monoisotopic (exact) mass is 792 g/mol. The van der Waals surface area contributed by atoms with Gasteiger partial charge in [-0.25, -0.2) is 0 Å². The summed E-state index contributed by atoms with van der Waals surface area (Å²) in [6.45, 7) is 10.8. The van der Waals surface area contributed by atoms with Gasteiger partial charge in [-0.2, -0.15) is 0 Å². The second-order valence-electron chi connectivity index (χ2n) is 7.79. The van der Waals surface area contributed by atoms with Gasteiger partial charge in [-0.3, -0.25) is 11.0 Å². The van der Waals surface area contributed by atoms with Crippen LogP contribution in [-0.4, -0.2) is 73.3 Å². The van der Waals surface area contributed by atoms with Crippen LogP contribution in [0, 0.1) is 6.42 Å². The van der Waals surface area contributed by atoms with E-state index in [9.17, 15) is 14.6 Å². The summed E-state index contributed by atoms with van der Waals surface area (Å²) in [7, 11) is -4.64. The number of aliphatic hydroxyl groups is 1. The van der Waals surface area contributed by atoms with Crippen molar-refractivity contribution >= 4 is 7.82 Å². The predicted molar refractivity (Wildman–Crippen MR) is 98.5 cm³/mol. The Balaban J connectivity index is 0.00000420. The van der Waals surface area contributed by atoms with Gasteiger partial charge in [0.15, 0.2) is 0 Å². The molecule has 2 saturated heterocycles. The fourth-order valence-electron chi connectivity index (χ4n) is 3.20. The van der Waals surface area contributed by atoms with Crippen LogP contribution in [0.15, 0.2) is 0 Å². The van der Waals surface area contributed by atoms with Crippen molar-refractivity contribution in [3.63, 3.8) is 0 Å². The van der Waals surface area contributed by atoms with Crippen LogP contribution in [0.4, 0.5) is 0 Å². The molecule has 0 bridgehead atoms. The Kier molecular flexibility index (Phi) is 14.5. The molecular formula is C18H33O9PW2-2. The summed E-state index contributed by atoms with van der Waals surface area (Å²) in [5, 5.41) is 10.2. The fraction of sp³-hybridized carbons (Fsp3) is 0.944. The van der Waals surface area contributed by atoms with E-state index in [1.807, 2.05) is 27.7 Å². The fourth-order valence-corrected chi connectivity index (χ4v) is 4.09. The van der Waals surface area contributed by atoms with Gasteiger partial charge in [0.25, 0.3) is 7.82 Å². The molecule has 0 spiro atoms. The first-order valence-corrected chi connectivity index (χ1v) is 11.2. The SMILES string of the molecule is CC(C)OC[C@H]1O[C@@H](C)[CH-]C1OP(=O)([O-])OC[C@H]1O[C@@H](C)[C@@H](O)C1OC(C)C.[W].[W]. The minimum Gasteiger partial charge on any atom is -0.756 e. The van der Waals surface area contributed by atoms with E-state index in [0.717, 1.165) is 0 Å². The van der Waals surface area contributed by atoms with E-state index in [0.29, 0.717) is 0 Å². The van der Waals surface area contributed by atoms with Gasteiger partial charge in [0.2, 0.25) is 0 Å². The first-order valence-electron chi connectivity index (χ1n) is 9.73. The molecule has 1 N–H and O–H groups in total. The third-order valence-corrected chi connectivity index (χ3v) is 5.43. The van der Waals surface area contributed by atoms with Gasteiger partial charge in [0, 0.05) is 42.1 Å². The predicted octanol–water partition coefficient (Wildman–Crippen LogP) is 1.21. The molecule has 2 fully saturated rings. The molecule has 8 atom stereocenters. The molecule has 2 aliphatic rings. The zero-order valence-corrected chi connectivity index (χ0v) is 24.9. The molecule has 0 aromatic heterocycles. The molecular weight excluding hydrogens is 759 g/mol. The average Bonchev–Trinajstić information content (AvgIpc) is 3.04. The van der Waals surface area contributed by atoms with E-state index < -0.39 is 44.4 Å². The van der Waals surface area contributed by atoms with E-state index in [-0.39, 0.29) is 73.7 Å². The van der Waals surface area contributed by atoms with Crippen molar-refractivity contribution in [1.82, 2.24) is 0 Å². The van der Waals surface area contributed by atoms with Crippen molar-refractivity contribution < 1.29 is 84.7 Å². The van der Waals surface area contributed by atoms with Crippen molar-refractivity contribution in [2.24, 2.45) is 0 Å². The van der Waals surface area contributed by atoms with Gasteiger partial charge in [-0.05, 0) is 40.7 Å². The van der Waals surface area contributed by atoms with Crippen LogP contribution in [0.2, 0.25) is 0 Å². The third kappa shape index (κ3) is 9.65. The Morgan fingerprint density at radius 1 is 1.07 bits per heavy atom. The van der Waals surface area contributed by atoms with Crippen molar-refractivity contribution in [2.75, 3.05) is 13.2 Å². The molecule has 12 heteroatoms. The molecule has 178 valence electrons. The molecule has 0 aromatic carbocycles. The average molecular weight is 792 g/mol. The smallest absolute Gasteiger partial charge is 0.265 e. The van der Waals surface area contributed by atoms with Gasteiger partial charge in [-0.1, -0.05) is 13.0 Å². The Labute approximate surface area is 208 Å². The summed E-state index contributed by atoms with van der Waals surface area (Å²) in [6.07, 6.45) is -2.85. The minimum absolute atomic E-state index is 0. The quantitative estimate of drug-likeness (QED) is 0.258. The molecule has 9 nitrogen and oxygen atoms in total. The number of aliphatic hydroxyl groups excluding tert-OH is 1. The number of phosphoric acid groups is 1. The van der Waals surface area contributed by atoms with Crippen LogP contribution in [-0.2, 0) is 74.7 Å². The van der Waals surface area contributed by atoms with Crippen molar-refractivity contribution in [1.29, 1.82) is 0 Å². The van der Waals surface area contributed by atoms with E-state index in [1.165, 1.54) is 0 Å². The molecule has 0 amide bonds. The normalized spacial score (nSPS) is 35.9. The standard InChI is InChI=1S/C18H34O9P.2W/c1-10(2)22-8-15-14(7-12(5)25-15)27-28(20,21)23-9-16-18(24-11(3)4)17(19)13(6)26-16;;/h7,10-19H,8-9H2,1-6H3,(H,20,21);;/q-1;;/p-1/t12-,13-,14?,15+,16+,17+,18?;;/m0../s1. The third-order valence-electron chi connectivity index (χ3n) is 4.46. The van der Waals surface area contributed by atoms with Crippen LogP contribution in [0.25, 0.3) is 0 Å². The molecule has 0 radical (unpaired) electrons. The second-order valence-corrected chi connectivity index (χ2v) is 9.15. The van der Waals surface area contributed by atoms with Crippen LogP contribution in [0.5, 0.6) is 0 Å². The molecule has 0 aliphatic carbocycles. The summed E-state index contributed by atoms with van der Waals surface area (Å²) in [5.74, 6) is 0. The van der Waals surface area contributed by atoms with Gasteiger partial charge >= 0.3 is 0 Å². The zero-order chi connectivity index (χ0) is 21.1. The molecule has 30 heavy (non-hydrogen) atoms. The van der Waals surface area contributed by atoms with Crippen LogP contribution in [0.1, 0.15) is 41.5 Å². The van der Waals surface area contributed by atoms with Gasteiger partial charge in [-0.15, -0.1) is 0 Å². The summed E-state index contributed by atoms with van der Waals surface area (Å²) >= 11 is 0. The molecule has 2 heterocycles. The maximum Gasteiger partial charge on any atom is 0.265 e. The number of phosphoric ester groups is 1. The van der Waals surface area contributed by atoms with E-state index in [4.69, 9.17) is 28.0 Å². The van der Waals surface area contributed by atoms with Gasteiger partial charge in [0.05, 0.1) is 37.6 Å². The van der Waals surface area contributed by atoms with Crippen molar-refractivity contribution in [2.45, 2.75) is 96.5 Å². The van der Waals surface area contributed by atoms with Crippen LogP contribution in [0.3, 0.4) is 0 Å². The number of rotatable bonds is 10. The minimum atomic E-state index is -4.64. The summed E-state index contributed by atoms with van der Waals surface area (Å²) < 4.78 is 45.0. The molecule has 3 unspecified atom stereocenters. The number of hydrogen-bond donors (Lipinski definition) is 1. The summed E-state index contributed by atoms with van der Waals surface area (Å²) in [6, 6.07) is 0. The number of ether oxygens (including phenoxy) is 4.